The molecule has 0 saturated carbocycles. The second kappa shape index (κ2) is 5.21. The molecule has 4 aromatic rings. The predicted octanol–water partition coefficient (Wildman–Crippen LogP) is 7.61. The molecule has 26 heavy (non-hydrogen) atoms. The second-order valence-electron chi connectivity index (χ2n) is 8.91. The average Bonchev–Trinajstić information content (AvgIpc) is 2.95. The molecule has 5 rings (SSSR count). The van der Waals surface area contributed by atoms with Crippen molar-refractivity contribution in [1.29, 1.82) is 0 Å². The minimum atomic E-state index is 0.212. The van der Waals surface area contributed by atoms with Gasteiger partial charge >= 0.3 is 0 Å². The van der Waals surface area contributed by atoms with E-state index in [2.05, 4.69) is 56.9 Å². The van der Waals surface area contributed by atoms with Gasteiger partial charge in [0, 0.05) is 31.8 Å². The van der Waals surface area contributed by atoms with Gasteiger partial charge < -0.3 is 0 Å². The third-order valence-electron chi connectivity index (χ3n) is 6.26. The monoisotopic (exact) mass is 379 g/mol. The Labute approximate surface area is 163 Å². The van der Waals surface area contributed by atoms with Crippen LogP contribution in [0.5, 0.6) is 0 Å². The molecule has 1 aliphatic carbocycles. The highest BCUT2D eigenvalue weighted by atomic mass is 35.5. The summed E-state index contributed by atoms with van der Waals surface area (Å²) in [6.45, 7) is 9.59. The van der Waals surface area contributed by atoms with E-state index in [4.69, 9.17) is 11.6 Å². The van der Waals surface area contributed by atoms with E-state index < -0.39 is 0 Å². The highest BCUT2D eigenvalue weighted by molar-refractivity contribution is 7.26. The number of halogens is 1. The van der Waals surface area contributed by atoms with Crippen LogP contribution < -0.4 is 0 Å². The van der Waals surface area contributed by atoms with E-state index >= 15 is 0 Å². The molecule has 0 bridgehead atoms. The summed E-state index contributed by atoms with van der Waals surface area (Å²) in [6.07, 6.45) is 4.27. The Morgan fingerprint density at radius 1 is 0.923 bits per heavy atom. The summed E-state index contributed by atoms with van der Waals surface area (Å²) < 4.78 is 2.79. The molecule has 3 heteroatoms. The molecule has 132 valence electrons. The fourth-order valence-corrected chi connectivity index (χ4v) is 6.27. The number of fused-ring (bicyclic) bond motifs is 6. The molecule has 0 atom stereocenters. The molecule has 0 aliphatic heterocycles. The largest absolute Gasteiger partial charge is 0.244 e. The minimum Gasteiger partial charge on any atom is -0.244 e. The standard InChI is InChI=1S/C23H22ClNS/c1-22(2)8-9-23(3,4)19-17(22)6-5-14-16-12-15-13(7-10-25-21(15)24)11-18(16)26-20(14)19/h5-7,10-12H,8-9H2,1-4H3. The van der Waals surface area contributed by atoms with Crippen molar-refractivity contribution >= 4 is 53.9 Å². The van der Waals surface area contributed by atoms with Crippen LogP contribution in [0.15, 0.2) is 36.5 Å². The first-order chi connectivity index (χ1) is 12.3. The lowest BCUT2D eigenvalue weighted by atomic mass is 9.63. The van der Waals surface area contributed by atoms with E-state index in [0.29, 0.717) is 5.15 Å². The van der Waals surface area contributed by atoms with E-state index in [1.165, 1.54) is 38.6 Å². The summed E-state index contributed by atoms with van der Waals surface area (Å²) in [7, 11) is 0. The number of hydrogen-bond acceptors (Lipinski definition) is 2. The normalized spacial score (nSPS) is 18.5. The van der Waals surface area contributed by atoms with Gasteiger partial charge in [0.05, 0.1) is 0 Å². The van der Waals surface area contributed by atoms with Crippen molar-refractivity contribution in [2.24, 2.45) is 0 Å². The number of rotatable bonds is 0. The van der Waals surface area contributed by atoms with Crippen molar-refractivity contribution in [2.75, 3.05) is 0 Å². The SMILES string of the molecule is CC1(C)CCC(C)(C)c2c1ccc1c2sc2cc3ccnc(Cl)c3cc21. The van der Waals surface area contributed by atoms with Gasteiger partial charge in [-0.15, -0.1) is 11.3 Å². The van der Waals surface area contributed by atoms with E-state index in [0.717, 1.165) is 10.8 Å². The maximum absolute atomic E-state index is 6.37. The molecular formula is C23H22ClNS. The Morgan fingerprint density at radius 2 is 1.69 bits per heavy atom. The van der Waals surface area contributed by atoms with Crippen LogP contribution in [0.25, 0.3) is 30.9 Å². The summed E-state index contributed by atoms with van der Waals surface area (Å²) in [5.74, 6) is 0. The Hall–Kier alpha value is -1.64. The Kier molecular flexibility index (Phi) is 3.31. The molecule has 0 fully saturated rings. The molecule has 0 saturated heterocycles. The Morgan fingerprint density at radius 3 is 2.50 bits per heavy atom. The van der Waals surface area contributed by atoms with Crippen molar-refractivity contribution in [3.8, 4) is 0 Å². The van der Waals surface area contributed by atoms with E-state index in [1.807, 2.05) is 17.4 Å². The molecule has 0 radical (unpaired) electrons. The van der Waals surface area contributed by atoms with Gasteiger partial charge in [-0.1, -0.05) is 51.4 Å². The highest BCUT2D eigenvalue weighted by Gasteiger charge is 2.38. The van der Waals surface area contributed by atoms with Crippen LogP contribution in [0.3, 0.4) is 0 Å². The zero-order valence-electron chi connectivity index (χ0n) is 15.6. The Bertz CT molecular complexity index is 1200. The van der Waals surface area contributed by atoms with E-state index in [1.54, 1.807) is 11.8 Å². The highest BCUT2D eigenvalue weighted by Crippen LogP contribution is 2.51. The molecular weight excluding hydrogens is 358 g/mol. The Balaban J connectivity index is 1.95. The topological polar surface area (TPSA) is 12.9 Å². The third kappa shape index (κ3) is 2.18. The predicted molar refractivity (Wildman–Crippen MR) is 115 cm³/mol. The molecule has 2 aromatic heterocycles. The van der Waals surface area contributed by atoms with Crippen LogP contribution in [-0.4, -0.2) is 4.98 Å². The zero-order valence-corrected chi connectivity index (χ0v) is 17.2. The number of aromatic nitrogens is 1. The van der Waals surface area contributed by atoms with Crippen LogP contribution in [0.2, 0.25) is 5.15 Å². The molecule has 0 amide bonds. The molecule has 1 aliphatic rings. The van der Waals surface area contributed by atoms with Crippen molar-refractivity contribution in [1.82, 2.24) is 4.98 Å². The summed E-state index contributed by atoms with van der Waals surface area (Å²) >= 11 is 8.30. The van der Waals surface area contributed by atoms with Crippen LogP contribution in [0.4, 0.5) is 0 Å². The van der Waals surface area contributed by atoms with Gasteiger partial charge in [0.1, 0.15) is 5.15 Å². The summed E-state index contributed by atoms with van der Waals surface area (Å²) in [5.41, 5.74) is 3.54. The quantitative estimate of drug-likeness (QED) is 0.286. The van der Waals surface area contributed by atoms with Crippen molar-refractivity contribution in [3.05, 3.63) is 52.8 Å². The number of benzene rings is 2. The van der Waals surface area contributed by atoms with E-state index in [-0.39, 0.29) is 10.8 Å². The number of hydrogen-bond donors (Lipinski definition) is 0. The first-order valence-electron chi connectivity index (χ1n) is 9.22. The van der Waals surface area contributed by atoms with Gasteiger partial charge in [-0.2, -0.15) is 0 Å². The smallest absolute Gasteiger partial charge is 0.136 e. The minimum absolute atomic E-state index is 0.212. The van der Waals surface area contributed by atoms with Gasteiger partial charge in [0.2, 0.25) is 0 Å². The fourth-order valence-electron chi connectivity index (χ4n) is 4.59. The van der Waals surface area contributed by atoms with Gasteiger partial charge in [-0.25, -0.2) is 4.98 Å². The number of thiophene rings is 1. The number of pyridine rings is 1. The maximum Gasteiger partial charge on any atom is 0.136 e. The van der Waals surface area contributed by atoms with Crippen molar-refractivity contribution in [2.45, 2.75) is 51.4 Å². The second-order valence-corrected chi connectivity index (χ2v) is 10.3. The lowest BCUT2D eigenvalue weighted by molar-refractivity contribution is 0.335. The van der Waals surface area contributed by atoms with Crippen LogP contribution in [0, 0.1) is 0 Å². The summed E-state index contributed by atoms with van der Waals surface area (Å²) in [6, 6.07) is 11.3. The first kappa shape index (κ1) is 16.5. The van der Waals surface area contributed by atoms with Gasteiger partial charge in [-0.3, -0.25) is 0 Å². The van der Waals surface area contributed by atoms with E-state index in [9.17, 15) is 0 Å². The molecule has 0 N–H and O–H groups in total. The van der Waals surface area contributed by atoms with Gasteiger partial charge in [0.25, 0.3) is 0 Å². The molecule has 2 aromatic carbocycles. The first-order valence-corrected chi connectivity index (χ1v) is 10.4. The lowest BCUT2D eigenvalue weighted by Crippen LogP contribution is -2.33. The van der Waals surface area contributed by atoms with Crippen LogP contribution in [-0.2, 0) is 10.8 Å². The third-order valence-corrected chi connectivity index (χ3v) is 7.74. The van der Waals surface area contributed by atoms with Gasteiger partial charge in [0.15, 0.2) is 0 Å². The summed E-state index contributed by atoms with van der Waals surface area (Å²) in [4.78, 5) is 4.26. The lowest BCUT2D eigenvalue weighted by Gasteiger charge is -2.42. The molecule has 0 unspecified atom stereocenters. The van der Waals surface area contributed by atoms with Crippen molar-refractivity contribution < 1.29 is 0 Å². The van der Waals surface area contributed by atoms with Crippen LogP contribution in [0.1, 0.15) is 51.7 Å². The van der Waals surface area contributed by atoms with Gasteiger partial charge in [-0.05, 0) is 58.4 Å². The fraction of sp³-hybridized carbons (Fsp3) is 0.348. The maximum atomic E-state index is 6.37. The number of nitrogens with zero attached hydrogens (tertiary/aromatic N) is 1. The molecule has 2 heterocycles. The molecule has 0 spiro atoms. The summed E-state index contributed by atoms with van der Waals surface area (Å²) in [5, 5.41) is 5.45. The van der Waals surface area contributed by atoms with Crippen LogP contribution >= 0.6 is 22.9 Å². The molecule has 1 nitrogen and oxygen atoms in total. The average molecular weight is 380 g/mol. The zero-order chi connectivity index (χ0) is 18.3. The van der Waals surface area contributed by atoms with Crippen molar-refractivity contribution in [3.63, 3.8) is 0 Å².